The van der Waals surface area contributed by atoms with Crippen molar-refractivity contribution < 1.29 is 9.53 Å². The van der Waals surface area contributed by atoms with Gasteiger partial charge in [0, 0.05) is 11.0 Å². The maximum absolute atomic E-state index is 13.0. The van der Waals surface area contributed by atoms with Crippen LogP contribution in [0.2, 0.25) is 0 Å². The van der Waals surface area contributed by atoms with Crippen molar-refractivity contribution in [2.24, 2.45) is 10.1 Å². The Hall–Kier alpha value is -2.32. The fourth-order valence-electron chi connectivity index (χ4n) is 3.15. The van der Waals surface area contributed by atoms with Crippen molar-refractivity contribution >= 4 is 44.5 Å². The topological polar surface area (TPSA) is 66.3 Å². The van der Waals surface area contributed by atoms with Gasteiger partial charge in [0.25, 0.3) is 5.91 Å². The number of amides is 1. The molecule has 2 aliphatic rings. The Balaban J connectivity index is 1.88. The van der Waals surface area contributed by atoms with E-state index in [0.29, 0.717) is 10.9 Å². The molecule has 8 heteroatoms. The standard InChI is InChI=1S/C20H19BrN4O2S/c1-3-10-28-20-23-19(26)17-13-6-4-5-7-15(13)22-18(25(17)24-20)12-8-9-16(27-2)14(21)11-12/h4-9,11,18H,3,10H2,1-2H3,(H,23,24,26)/t18-/m0/s1. The van der Waals surface area contributed by atoms with Gasteiger partial charge in [-0.3, -0.25) is 15.1 Å². The second-order valence-electron chi connectivity index (χ2n) is 6.31. The molecule has 1 amide bonds. The predicted molar refractivity (Wildman–Crippen MR) is 114 cm³/mol. The van der Waals surface area contributed by atoms with Crippen molar-refractivity contribution in [2.45, 2.75) is 19.5 Å². The van der Waals surface area contributed by atoms with Crippen LogP contribution in [0.4, 0.5) is 0 Å². The number of hydrogen-bond donors (Lipinski definition) is 1. The summed E-state index contributed by atoms with van der Waals surface area (Å²) < 4.78 is 6.17. The molecule has 1 N–H and O–H groups in total. The smallest absolute Gasteiger partial charge is 0.276 e. The molecule has 2 aromatic rings. The van der Waals surface area contributed by atoms with Crippen LogP contribution in [0.1, 0.15) is 25.1 Å². The number of ether oxygens (including phenoxy) is 1. The number of carbonyl (C=O) groups is 1. The molecular formula is C20H19BrN4O2S. The number of halogens is 1. The number of thioether (sulfide) groups is 1. The number of hydrogen-bond acceptors (Lipinski definition) is 6. The van der Waals surface area contributed by atoms with Gasteiger partial charge in [-0.2, -0.15) is 0 Å². The first kappa shape index (κ1) is 19.0. The molecule has 144 valence electrons. The lowest BCUT2D eigenvalue weighted by Crippen LogP contribution is -2.50. The van der Waals surface area contributed by atoms with Crippen LogP contribution in [0, 0.1) is 0 Å². The van der Waals surface area contributed by atoms with Crippen LogP contribution in [0.3, 0.4) is 0 Å². The largest absolute Gasteiger partial charge is 0.496 e. The average Bonchev–Trinajstić information content (AvgIpc) is 2.71. The summed E-state index contributed by atoms with van der Waals surface area (Å²) in [5, 5.41) is 11.5. The molecule has 0 aliphatic carbocycles. The number of nitrogens with zero attached hydrogens (tertiary/aromatic N) is 3. The Kier molecular flexibility index (Phi) is 5.41. The van der Waals surface area contributed by atoms with E-state index in [0.717, 1.165) is 38.5 Å². The monoisotopic (exact) mass is 458 g/mol. The van der Waals surface area contributed by atoms with Gasteiger partial charge >= 0.3 is 0 Å². The lowest BCUT2D eigenvalue weighted by molar-refractivity contribution is -0.116. The van der Waals surface area contributed by atoms with E-state index in [9.17, 15) is 4.79 Å². The van der Waals surface area contributed by atoms with E-state index in [-0.39, 0.29) is 5.91 Å². The molecule has 2 aliphatic heterocycles. The highest BCUT2D eigenvalue weighted by Crippen LogP contribution is 2.34. The van der Waals surface area contributed by atoms with Crippen molar-refractivity contribution in [1.29, 1.82) is 0 Å². The zero-order valence-electron chi connectivity index (χ0n) is 15.5. The number of amidine groups is 1. The maximum Gasteiger partial charge on any atom is 0.276 e. The molecule has 2 aromatic carbocycles. The molecule has 0 aromatic heterocycles. The van der Waals surface area contributed by atoms with Gasteiger partial charge < -0.3 is 4.74 Å². The fraction of sp³-hybridized carbons (Fsp3) is 0.250. The molecule has 2 heterocycles. The van der Waals surface area contributed by atoms with Gasteiger partial charge in [0.05, 0.1) is 16.9 Å². The van der Waals surface area contributed by atoms with Crippen LogP contribution >= 0.6 is 27.7 Å². The zero-order valence-corrected chi connectivity index (χ0v) is 17.9. The van der Waals surface area contributed by atoms with Gasteiger partial charge in [-0.05, 0) is 46.1 Å². The number of rotatable bonds is 4. The van der Waals surface area contributed by atoms with Crippen molar-refractivity contribution in [3.63, 3.8) is 0 Å². The summed E-state index contributed by atoms with van der Waals surface area (Å²) in [6.07, 6.45) is 0.563. The molecule has 0 unspecified atom stereocenters. The van der Waals surface area contributed by atoms with Crippen molar-refractivity contribution in [1.82, 2.24) is 10.3 Å². The minimum atomic E-state index is -0.435. The Morgan fingerprint density at radius 3 is 2.86 bits per heavy atom. The molecule has 0 saturated carbocycles. The normalized spacial score (nSPS) is 17.9. The summed E-state index contributed by atoms with van der Waals surface area (Å²) in [5.74, 6) is 1.46. The van der Waals surface area contributed by atoms with Gasteiger partial charge in [-0.25, -0.2) is 5.01 Å². The first-order valence-electron chi connectivity index (χ1n) is 8.95. The zero-order chi connectivity index (χ0) is 19.7. The summed E-state index contributed by atoms with van der Waals surface area (Å²) >= 11 is 5.08. The highest BCUT2D eigenvalue weighted by Gasteiger charge is 2.34. The van der Waals surface area contributed by atoms with Crippen LogP contribution in [0.5, 0.6) is 5.75 Å². The number of hydrazone groups is 1. The second-order valence-corrected chi connectivity index (χ2v) is 8.25. The van der Waals surface area contributed by atoms with Crippen LogP contribution in [-0.2, 0) is 4.79 Å². The summed E-state index contributed by atoms with van der Waals surface area (Å²) in [4.78, 5) is 17.8. The molecule has 0 bridgehead atoms. The molecule has 0 radical (unpaired) electrons. The third-order valence-corrected chi connectivity index (χ3v) is 6.12. The van der Waals surface area contributed by atoms with Crippen molar-refractivity contribution in [2.75, 3.05) is 12.9 Å². The number of para-hydroxylation sites is 1. The lowest BCUT2D eigenvalue weighted by Gasteiger charge is -2.34. The minimum Gasteiger partial charge on any atom is -0.496 e. The number of fused-ring (bicyclic) bond motifs is 2. The summed E-state index contributed by atoms with van der Waals surface area (Å²) in [6.45, 7) is 2.10. The van der Waals surface area contributed by atoms with Crippen LogP contribution < -0.4 is 20.6 Å². The van der Waals surface area contributed by atoms with E-state index in [2.05, 4.69) is 28.2 Å². The number of methoxy groups -OCH3 is 1. The third kappa shape index (κ3) is 3.42. The van der Waals surface area contributed by atoms with Gasteiger partial charge in [-0.1, -0.05) is 43.0 Å². The molecular weight excluding hydrogens is 440 g/mol. The maximum atomic E-state index is 13.0. The van der Waals surface area contributed by atoms with E-state index in [1.54, 1.807) is 12.1 Å². The summed E-state index contributed by atoms with van der Waals surface area (Å²) in [6, 6.07) is 13.4. The van der Waals surface area contributed by atoms with E-state index in [4.69, 9.17) is 14.8 Å². The number of benzene rings is 2. The number of carbonyl (C=O) groups excluding carboxylic acids is 1. The highest BCUT2D eigenvalue weighted by atomic mass is 79.9. The average molecular weight is 459 g/mol. The Morgan fingerprint density at radius 2 is 2.11 bits per heavy atom. The summed E-state index contributed by atoms with van der Waals surface area (Å²) in [7, 11) is 1.63. The lowest BCUT2D eigenvalue weighted by atomic mass is 10.1. The van der Waals surface area contributed by atoms with E-state index < -0.39 is 6.17 Å². The molecule has 0 fully saturated rings. The van der Waals surface area contributed by atoms with Gasteiger partial charge in [0.1, 0.15) is 11.4 Å². The summed E-state index contributed by atoms with van der Waals surface area (Å²) in [5.41, 5.74) is 1.43. The predicted octanol–water partition coefficient (Wildman–Crippen LogP) is 2.74. The molecule has 6 nitrogen and oxygen atoms in total. The number of nitrogens with one attached hydrogen (secondary N) is 1. The van der Waals surface area contributed by atoms with E-state index >= 15 is 0 Å². The quantitative estimate of drug-likeness (QED) is 0.764. The van der Waals surface area contributed by atoms with Crippen molar-refractivity contribution in [3.8, 4) is 5.75 Å². The molecule has 4 rings (SSSR count). The fourth-order valence-corrected chi connectivity index (χ4v) is 4.42. The molecule has 0 spiro atoms. The third-order valence-electron chi connectivity index (χ3n) is 4.43. The second kappa shape index (κ2) is 7.97. The first-order valence-corrected chi connectivity index (χ1v) is 10.7. The van der Waals surface area contributed by atoms with E-state index in [1.165, 1.54) is 11.8 Å². The van der Waals surface area contributed by atoms with Crippen LogP contribution in [0.15, 0.2) is 57.0 Å². The van der Waals surface area contributed by atoms with Crippen LogP contribution in [0.25, 0.3) is 5.70 Å². The Bertz CT molecular complexity index is 1090. The molecule has 28 heavy (non-hydrogen) atoms. The van der Waals surface area contributed by atoms with E-state index in [1.807, 2.05) is 42.5 Å². The Morgan fingerprint density at radius 1 is 1.29 bits per heavy atom. The van der Waals surface area contributed by atoms with Gasteiger partial charge in [-0.15, -0.1) is 5.10 Å². The molecule has 1 atom stereocenters. The van der Waals surface area contributed by atoms with Gasteiger partial charge in [0.2, 0.25) is 0 Å². The highest BCUT2D eigenvalue weighted by molar-refractivity contribution is 9.10. The van der Waals surface area contributed by atoms with Crippen LogP contribution in [-0.4, -0.2) is 28.9 Å². The van der Waals surface area contributed by atoms with Crippen molar-refractivity contribution in [3.05, 3.63) is 63.1 Å². The minimum absolute atomic E-state index is 0.159. The van der Waals surface area contributed by atoms with Gasteiger partial charge in [0.15, 0.2) is 11.3 Å². The SMILES string of the molecule is CCCSC1=NN2C(=c3ccccc3=N[C@@H]2c2ccc(OC)c(Br)c2)C(=O)N1. The Labute approximate surface area is 175 Å². The molecule has 0 saturated heterocycles. The first-order chi connectivity index (χ1) is 13.6.